The Kier molecular flexibility index (Phi) is 5.65. The molecule has 0 radical (unpaired) electrons. The topological polar surface area (TPSA) is 67.2 Å². The fourth-order valence-electron chi connectivity index (χ4n) is 1.88. The van der Waals surface area contributed by atoms with Crippen molar-refractivity contribution in [2.45, 2.75) is 39.8 Å². The number of urea groups is 1. The largest absolute Gasteiger partial charge is 0.335 e. The zero-order valence-electron chi connectivity index (χ0n) is 11.4. The lowest BCUT2D eigenvalue weighted by Crippen LogP contribution is -2.36. The summed E-state index contributed by atoms with van der Waals surface area (Å²) in [6.45, 7) is 6.80. The van der Waals surface area contributed by atoms with Gasteiger partial charge in [0.1, 0.15) is 0 Å². The summed E-state index contributed by atoms with van der Waals surface area (Å²) in [5, 5.41) is 5.72. The zero-order chi connectivity index (χ0) is 13.5. The molecule has 0 aliphatic carbocycles. The second-order valence-corrected chi connectivity index (χ2v) is 5.03. The van der Waals surface area contributed by atoms with Crippen LogP contribution >= 0.6 is 0 Å². The molecule has 0 aromatic heterocycles. The SMILES string of the molecule is CC(C)CC(C)NC(=O)Nc1ccc(CN)cc1. The van der Waals surface area contributed by atoms with E-state index in [2.05, 4.69) is 24.5 Å². The van der Waals surface area contributed by atoms with Crippen LogP contribution in [0.15, 0.2) is 24.3 Å². The van der Waals surface area contributed by atoms with E-state index in [1.54, 1.807) is 0 Å². The summed E-state index contributed by atoms with van der Waals surface area (Å²) in [6, 6.07) is 7.54. The van der Waals surface area contributed by atoms with E-state index in [1.807, 2.05) is 31.2 Å². The van der Waals surface area contributed by atoms with Crippen molar-refractivity contribution >= 4 is 11.7 Å². The first-order valence-corrected chi connectivity index (χ1v) is 6.37. The minimum Gasteiger partial charge on any atom is -0.335 e. The Bertz CT molecular complexity index is 373. The second-order valence-electron chi connectivity index (χ2n) is 5.03. The van der Waals surface area contributed by atoms with Crippen molar-refractivity contribution in [3.05, 3.63) is 29.8 Å². The number of benzene rings is 1. The molecule has 100 valence electrons. The van der Waals surface area contributed by atoms with Crippen LogP contribution < -0.4 is 16.4 Å². The number of nitrogens with two attached hydrogens (primary N) is 1. The van der Waals surface area contributed by atoms with E-state index in [0.717, 1.165) is 17.7 Å². The van der Waals surface area contributed by atoms with E-state index < -0.39 is 0 Å². The highest BCUT2D eigenvalue weighted by Crippen LogP contribution is 2.09. The molecule has 4 heteroatoms. The quantitative estimate of drug-likeness (QED) is 0.751. The summed E-state index contributed by atoms with van der Waals surface area (Å²) in [4.78, 5) is 11.7. The molecule has 1 unspecified atom stereocenters. The van der Waals surface area contributed by atoms with Gasteiger partial charge in [-0.15, -0.1) is 0 Å². The highest BCUT2D eigenvalue weighted by molar-refractivity contribution is 5.89. The van der Waals surface area contributed by atoms with E-state index >= 15 is 0 Å². The number of hydrogen-bond acceptors (Lipinski definition) is 2. The molecule has 0 bridgehead atoms. The summed E-state index contributed by atoms with van der Waals surface area (Å²) >= 11 is 0. The van der Waals surface area contributed by atoms with Crippen molar-refractivity contribution in [2.24, 2.45) is 11.7 Å². The molecule has 4 N–H and O–H groups in total. The van der Waals surface area contributed by atoms with Gasteiger partial charge >= 0.3 is 6.03 Å². The summed E-state index contributed by atoms with van der Waals surface area (Å²) in [6.07, 6.45) is 0.972. The van der Waals surface area contributed by atoms with E-state index in [9.17, 15) is 4.79 Å². The van der Waals surface area contributed by atoms with Gasteiger partial charge in [-0.1, -0.05) is 26.0 Å². The van der Waals surface area contributed by atoms with Crippen molar-refractivity contribution in [3.63, 3.8) is 0 Å². The van der Waals surface area contributed by atoms with Gasteiger partial charge in [-0.25, -0.2) is 4.79 Å². The van der Waals surface area contributed by atoms with Crippen LogP contribution in [0.3, 0.4) is 0 Å². The van der Waals surface area contributed by atoms with Crippen molar-refractivity contribution in [2.75, 3.05) is 5.32 Å². The average Bonchev–Trinajstić information content (AvgIpc) is 2.28. The molecular formula is C14H23N3O. The van der Waals surface area contributed by atoms with Crippen molar-refractivity contribution < 1.29 is 4.79 Å². The van der Waals surface area contributed by atoms with E-state index in [0.29, 0.717) is 12.5 Å². The first-order chi connectivity index (χ1) is 8.51. The van der Waals surface area contributed by atoms with Gasteiger partial charge in [-0.3, -0.25) is 0 Å². The third-order valence-corrected chi connectivity index (χ3v) is 2.65. The number of carbonyl (C=O) groups excluding carboxylic acids is 1. The van der Waals surface area contributed by atoms with Crippen LogP contribution in [0.25, 0.3) is 0 Å². The monoisotopic (exact) mass is 249 g/mol. The number of rotatable bonds is 5. The van der Waals surface area contributed by atoms with Gasteiger partial charge in [0, 0.05) is 18.3 Å². The summed E-state index contributed by atoms with van der Waals surface area (Å²) < 4.78 is 0. The average molecular weight is 249 g/mol. The lowest BCUT2D eigenvalue weighted by Gasteiger charge is -2.16. The van der Waals surface area contributed by atoms with Crippen LogP contribution in [-0.4, -0.2) is 12.1 Å². The van der Waals surface area contributed by atoms with Crippen LogP contribution in [0.5, 0.6) is 0 Å². The number of anilines is 1. The third kappa shape index (κ3) is 5.19. The maximum absolute atomic E-state index is 11.7. The summed E-state index contributed by atoms with van der Waals surface area (Å²) in [7, 11) is 0. The molecule has 1 atom stereocenters. The standard InChI is InChI=1S/C14H23N3O/c1-10(2)8-11(3)16-14(18)17-13-6-4-12(9-15)5-7-13/h4-7,10-11H,8-9,15H2,1-3H3,(H2,16,17,18). The Morgan fingerprint density at radius 2 is 1.83 bits per heavy atom. The lowest BCUT2D eigenvalue weighted by atomic mass is 10.1. The minimum absolute atomic E-state index is 0.163. The molecule has 18 heavy (non-hydrogen) atoms. The molecule has 1 aromatic rings. The molecule has 0 heterocycles. The third-order valence-electron chi connectivity index (χ3n) is 2.65. The second kappa shape index (κ2) is 7.01. The Morgan fingerprint density at radius 3 is 2.33 bits per heavy atom. The predicted molar refractivity (Wildman–Crippen MR) is 75.4 cm³/mol. The maximum Gasteiger partial charge on any atom is 0.319 e. The Labute approximate surface area is 109 Å². The smallest absolute Gasteiger partial charge is 0.319 e. The number of amides is 2. The minimum atomic E-state index is -0.163. The van der Waals surface area contributed by atoms with Gasteiger partial charge < -0.3 is 16.4 Å². The Balaban J connectivity index is 2.43. The number of carbonyl (C=O) groups is 1. The van der Waals surface area contributed by atoms with Gasteiger partial charge in [0.05, 0.1) is 0 Å². The predicted octanol–water partition coefficient (Wildman–Crippen LogP) is 2.70. The van der Waals surface area contributed by atoms with E-state index in [4.69, 9.17) is 5.73 Å². The van der Waals surface area contributed by atoms with Crippen LogP contribution in [0.4, 0.5) is 10.5 Å². The van der Waals surface area contributed by atoms with Crippen LogP contribution in [-0.2, 0) is 6.54 Å². The molecule has 0 saturated carbocycles. The zero-order valence-corrected chi connectivity index (χ0v) is 11.4. The number of hydrogen-bond donors (Lipinski definition) is 3. The molecule has 0 aliphatic heterocycles. The molecule has 4 nitrogen and oxygen atoms in total. The first-order valence-electron chi connectivity index (χ1n) is 6.37. The molecule has 0 saturated heterocycles. The van der Waals surface area contributed by atoms with Crippen molar-refractivity contribution in [3.8, 4) is 0 Å². The van der Waals surface area contributed by atoms with Gasteiger partial charge in [-0.05, 0) is 37.0 Å². The number of nitrogens with one attached hydrogen (secondary N) is 2. The van der Waals surface area contributed by atoms with Crippen LogP contribution in [0.1, 0.15) is 32.8 Å². The summed E-state index contributed by atoms with van der Waals surface area (Å²) in [5.74, 6) is 0.573. The van der Waals surface area contributed by atoms with Crippen LogP contribution in [0.2, 0.25) is 0 Å². The van der Waals surface area contributed by atoms with E-state index in [-0.39, 0.29) is 12.1 Å². The fraction of sp³-hybridized carbons (Fsp3) is 0.500. The molecule has 0 spiro atoms. The normalized spacial score (nSPS) is 12.3. The van der Waals surface area contributed by atoms with Crippen molar-refractivity contribution in [1.29, 1.82) is 0 Å². The Morgan fingerprint density at radius 1 is 1.22 bits per heavy atom. The van der Waals surface area contributed by atoms with Crippen LogP contribution in [0, 0.1) is 5.92 Å². The highest BCUT2D eigenvalue weighted by Gasteiger charge is 2.08. The molecule has 1 rings (SSSR count). The molecule has 1 aromatic carbocycles. The first kappa shape index (κ1) is 14.5. The fourth-order valence-corrected chi connectivity index (χ4v) is 1.88. The van der Waals surface area contributed by atoms with Gasteiger partial charge in [0.15, 0.2) is 0 Å². The lowest BCUT2D eigenvalue weighted by molar-refractivity contribution is 0.247. The van der Waals surface area contributed by atoms with Gasteiger partial charge in [0.2, 0.25) is 0 Å². The summed E-state index contributed by atoms with van der Waals surface area (Å²) in [5.41, 5.74) is 7.34. The van der Waals surface area contributed by atoms with Gasteiger partial charge in [0.25, 0.3) is 0 Å². The molecule has 0 fully saturated rings. The highest BCUT2D eigenvalue weighted by atomic mass is 16.2. The molecule has 2 amide bonds. The van der Waals surface area contributed by atoms with Gasteiger partial charge in [-0.2, -0.15) is 0 Å². The molecular weight excluding hydrogens is 226 g/mol. The van der Waals surface area contributed by atoms with E-state index in [1.165, 1.54) is 0 Å². The Hall–Kier alpha value is -1.55. The molecule has 0 aliphatic rings. The van der Waals surface area contributed by atoms with Crippen molar-refractivity contribution in [1.82, 2.24) is 5.32 Å². The maximum atomic E-state index is 11.7.